The average Bonchev–Trinajstić information content (AvgIpc) is 3.13. The third-order valence-electron chi connectivity index (χ3n) is 3.56. The molecule has 1 aromatic heterocycles. The Labute approximate surface area is 108 Å². The van der Waals surface area contributed by atoms with Gasteiger partial charge in [0, 0.05) is 19.6 Å². The first-order chi connectivity index (χ1) is 8.78. The van der Waals surface area contributed by atoms with E-state index >= 15 is 0 Å². The minimum absolute atomic E-state index is 0.0403. The molecule has 0 amide bonds. The first-order valence-electron chi connectivity index (χ1n) is 6.81. The second-order valence-electron chi connectivity index (χ2n) is 5.00. The summed E-state index contributed by atoms with van der Waals surface area (Å²) < 4.78 is 10.7. The zero-order valence-electron chi connectivity index (χ0n) is 11.5. The van der Waals surface area contributed by atoms with Gasteiger partial charge >= 0.3 is 0 Å². The molecule has 1 N–H and O–H groups in total. The summed E-state index contributed by atoms with van der Waals surface area (Å²) in [6.07, 6.45) is 5.36. The highest BCUT2D eigenvalue weighted by Gasteiger charge is 2.31. The highest BCUT2D eigenvalue weighted by molar-refractivity contribution is 4.96. The van der Waals surface area contributed by atoms with E-state index < -0.39 is 0 Å². The van der Waals surface area contributed by atoms with E-state index in [9.17, 15) is 0 Å². The molecule has 0 saturated heterocycles. The van der Waals surface area contributed by atoms with Crippen molar-refractivity contribution in [2.75, 3.05) is 14.2 Å². The van der Waals surface area contributed by atoms with Crippen molar-refractivity contribution in [2.24, 2.45) is 5.92 Å². The minimum Gasteiger partial charge on any atom is -0.373 e. The molecule has 1 heterocycles. The standard InChI is InChI=1S/C13H23N3O2/c1-4-5-11(17-3)13-15-12(18-16-13)8-10(14-2)9-6-7-9/h9-11,14H,4-8H2,1-3H3. The van der Waals surface area contributed by atoms with E-state index in [2.05, 4.69) is 22.4 Å². The van der Waals surface area contributed by atoms with E-state index in [1.807, 2.05) is 7.05 Å². The molecule has 1 aliphatic carbocycles. The van der Waals surface area contributed by atoms with E-state index in [-0.39, 0.29) is 6.10 Å². The average molecular weight is 253 g/mol. The van der Waals surface area contributed by atoms with E-state index in [4.69, 9.17) is 9.26 Å². The Morgan fingerprint density at radius 1 is 1.50 bits per heavy atom. The molecule has 0 aromatic carbocycles. The maximum absolute atomic E-state index is 5.38. The zero-order chi connectivity index (χ0) is 13.0. The minimum atomic E-state index is -0.0403. The SMILES string of the molecule is CCCC(OC)c1noc(CC(NC)C2CC2)n1. The predicted molar refractivity (Wildman–Crippen MR) is 68.2 cm³/mol. The van der Waals surface area contributed by atoms with Crippen molar-refractivity contribution >= 4 is 0 Å². The summed E-state index contributed by atoms with van der Waals surface area (Å²) in [6, 6.07) is 0.463. The van der Waals surface area contributed by atoms with Gasteiger partial charge in [-0.15, -0.1) is 0 Å². The molecule has 2 rings (SSSR count). The summed E-state index contributed by atoms with van der Waals surface area (Å²) in [5.41, 5.74) is 0. The van der Waals surface area contributed by atoms with E-state index in [1.165, 1.54) is 12.8 Å². The lowest BCUT2D eigenvalue weighted by molar-refractivity contribution is 0.0854. The van der Waals surface area contributed by atoms with Crippen LogP contribution in [0.2, 0.25) is 0 Å². The number of rotatable bonds is 8. The maximum atomic E-state index is 5.38. The lowest BCUT2D eigenvalue weighted by Crippen LogP contribution is -2.29. The van der Waals surface area contributed by atoms with Gasteiger partial charge in [0.1, 0.15) is 6.10 Å². The third kappa shape index (κ3) is 3.29. The molecule has 1 fully saturated rings. The summed E-state index contributed by atoms with van der Waals surface area (Å²) in [4.78, 5) is 4.46. The second-order valence-corrected chi connectivity index (χ2v) is 5.00. The number of likely N-dealkylation sites (N-methyl/N-ethyl adjacent to an activating group) is 1. The number of nitrogens with zero attached hydrogens (tertiary/aromatic N) is 2. The summed E-state index contributed by atoms with van der Waals surface area (Å²) >= 11 is 0. The molecule has 1 aromatic rings. The van der Waals surface area contributed by atoms with Gasteiger partial charge in [-0.3, -0.25) is 0 Å². The monoisotopic (exact) mass is 253 g/mol. The van der Waals surface area contributed by atoms with E-state index in [0.29, 0.717) is 11.9 Å². The van der Waals surface area contributed by atoms with Crippen molar-refractivity contribution in [1.82, 2.24) is 15.5 Å². The molecular weight excluding hydrogens is 230 g/mol. The molecule has 102 valence electrons. The first kappa shape index (κ1) is 13.5. The number of aromatic nitrogens is 2. The fourth-order valence-electron chi connectivity index (χ4n) is 2.29. The van der Waals surface area contributed by atoms with Crippen LogP contribution in [0.5, 0.6) is 0 Å². The van der Waals surface area contributed by atoms with Crippen LogP contribution in [-0.4, -0.2) is 30.3 Å². The molecule has 1 saturated carbocycles. The molecule has 5 nitrogen and oxygen atoms in total. The Morgan fingerprint density at radius 2 is 2.28 bits per heavy atom. The number of hydrogen-bond acceptors (Lipinski definition) is 5. The Kier molecular flexibility index (Phi) is 4.72. The zero-order valence-corrected chi connectivity index (χ0v) is 11.5. The molecule has 0 radical (unpaired) electrons. The molecule has 0 bridgehead atoms. The van der Waals surface area contributed by atoms with Gasteiger partial charge in [0.25, 0.3) is 0 Å². The van der Waals surface area contributed by atoms with Crippen LogP contribution in [0.25, 0.3) is 0 Å². The maximum Gasteiger partial charge on any atom is 0.228 e. The lowest BCUT2D eigenvalue weighted by Gasteiger charge is -2.11. The van der Waals surface area contributed by atoms with Crippen molar-refractivity contribution in [3.8, 4) is 0 Å². The Balaban J connectivity index is 1.95. The largest absolute Gasteiger partial charge is 0.373 e. The van der Waals surface area contributed by atoms with Crippen LogP contribution in [-0.2, 0) is 11.2 Å². The van der Waals surface area contributed by atoms with Crippen LogP contribution < -0.4 is 5.32 Å². The number of methoxy groups -OCH3 is 1. The fourth-order valence-corrected chi connectivity index (χ4v) is 2.29. The van der Waals surface area contributed by atoms with Gasteiger partial charge in [0.15, 0.2) is 0 Å². The topological polar surface area (TPSA) is 60.2 Å². The number of nitrogens with one attached hydrogen (secondary N) is 1. The Hall–Kier alpha value is -0.940. The molecule has 5 heteroatoms. The fraction of sp³-hybridized carbons (Fsp3) is 0.846. The van der Waals surface area contributed by atoms with Crippen molar-refractivity contribution in [3.05, 3.63) is 11.7 Å². The molecule has 18 heavy (non-hydrogen) atoms. The third-order valence-corrected chi connectivity index (χ3v) is 3.56. The van der Waals surface area contributed by atoms with Gasteiger partial charge in [0.05, 0.1) is 0 Å². The van der Waals surface area contributed by atoms with Crippen LogP contribution >= 0.6 is 0 Å². The van der Waals surface area contributed by atoms with Crippen LogP contribution in [0.4, 0.5) is 0 Å². The van der Waals surface area contributed by atoms with Gasteiger partial charge in [-0.1, -0.05) is 18.5 Å². The summed E-state index contributed by atoms with van der Waals surface area (Å²) in [5.74, 6) is 2.17. The second kappa shape index (κ2) is 6.29. The van der Waals surface area contributed by atoms with Crippen molar-refractivity contribution in [2.45, 2.75) is 51.2 Å². The van der Waals surface area contributed by atoms with Crippen molar-refractivity contribution in [1.29, 1.82) is 0 Å². The van der Waals surface area contributed by atoms with E-state index in [1.54, 1.807) is 7.11 Å². The van der Waals surface area contributed by atoms with Gasteiger partial charge in [-0.2, -0.15) is 4.98 Å². The van der Waals surface area contributed by atoms with Gasteiger partial charge in [-0.05, 0) is 32.2 Å². The van der Waals surface area contributed by atoms with Gasteiger partial charge in [-0.25, -0.2) is 0 Å². The highest BCUT2D eigenvalue weighted by Crippen LogP contribution is 2.33. The molecule has 0 spiro atoms. The first-order valence-corrected chi connectivity index (χ1v) is 6.81. The number of hydrogen-bond donors (Lipinski definition) is 1. The summed E-state index contributed by atoms with van der Waals surface area (Å²) in [5, 5.41) is 7.37. The van der Waals surface area contributed by atoms with Crippen LogP contribution in [0.3, 0.4) is 0 Å². The molecule has 1 aliphatic rings. The van der Waals surface area contributed by atoms with Crippen LogP contribution in [0, 0.1) is 5.92 Å². The number of ether oxygens (including phenoxy) is 1. The van der Waals surface area contributed by atoms with Crippen LogP contribution in [0.1, 0.15) is 50.4 Å². The normalized spacial score (nSPS) is 18.8. The molecular formula is C13H23N3O2. The lowest BCUT2D eigenvalue weighted by atomic mass is 10.1. The Bertz CT molecular complexity index is 363. The van der Waals surface area contributed by atoms with Crippen molar-refractivity contribution < 1.29 is 9.26 Å². The van der Waals surface area contributed by atoms with Crippen molar-refractivity contribution in [3.63, 3.8) is 0 Å². The molecule has 0 aliphatic heterocycles. The predicted octanol–water partition coefficient (Wildman–Crippen LogP) is 2.10. The van der Waals surface area contributed by atoms with E-state index in [0.717, 1.165) is 31.1 Å². The summed E-state index contributed by atoms with van der Waals surface area (Å²) in [6.45, 7) is 2.12. The van der Waals surface area contributed by atoms with Gasteiger partial charge < -0.3 is 14.6 Å². The highest BCUT2D eigenvalue weighted by atomic mass is 16.5. The smallest absolute Gasteiger partial charge is 0.228 e. The summed E-state index contributed by atoms with van der Waals surface area (Å²) in [7, 11) is 3.69. The Morgan fingerprint density at radius 3 is 2.83 bits per heavy atom. The molecule has 2 unspecified atom stereocenters. The van der Waals surface area contributed by atoms with Crippen LogP contribution in [0.15, 0.2) is 4.52 Å². The van der Waals surface area contributed by atoms with Gasteiger partial charge in [0.2, 0.25) is 11.7 Å². The molecule has 2 atom stereocenters. The quantitative estimate of drug-likeness (QED) is 0.768.